The summed E-state index contributed by atoms with van der Waals surface area (Å²) in [7, 11) is 0. The number of ether oxygens (including phenoxy) is 2. The molecule has 0 unspecified atom stereocenters. The van der Waals surface area contributed by atoms with Gasteiger partial charge in [0.2, 0.25) is 0 Å². The predicted octanol–water partition coefficient (Wildman–Crippen LogP) is 3.43. The van der Waals surface area contributed by atoms with Gasteiger partial charge in [0.15, 0.2) is 12.4 Å². The van der Waals surface area contributed by atoms with Gasteiger partial charge in [-0.25, -0.2) is 8.78 Å². The highest BCUT2D eigenvalue weighted by Gasteiger charge is 2.35. The molecule has 8 heteroatoms. The number of carbonyl (C=O) groups excluding carboxylic acids is 2. The lowest BCUT2D eigenvalue weighted by Crippen LogP contribution is -2.35. The molecule has 2 N–H and O–H groups in total. The van der Waals surface area contributed by atoms with Crippen LogP contribution < -0.4 is 14.8 Å². The van der Waals surface area contributed by atoms with Crippen LogP contribution in [0.25, 0.3) is 0 Å². The van der Waals surface area contributed by atoms with E-state index in [0.717, 1.165) is 12.1 Å². The largest absolute Gasteiger partial charge is 0.507 e. The highest BCUT2D eigenvalue weighted by molar-refractivity contribution is 6.03. The van der Waals surface area contributed by atoms with E-state index in [0.29, 0.717) is 6.07 Å². The lowest BCUT2D eigenvalue weighted by Gasteiger charge is -2.32. The van der Waals surface area contributed by atoms with Crippen molar-refractivity contribution < 1.29 is 33.0 Å². The van der Waals surface area contributed by atoms with Crippen LogP contribution in [0.4, 0.5) is 14.5 Å². The standard InChI is InChI=1S/C19H17F2NO5/c1-19(2)8-15(24)18-14(23)6-11(7-16(18)27-19)26-9-17(25)22-13-4-3-10(20)5-12(13)21/h3-7,23H,8-9H2,1-2H3,(H,22,25). The van der Waals surface area contributed by atoms with Gasteiger partial charge in [0.05, 0.1) is 12.1 Å². The van der Waals surface area contributed by atoms with Crippen LogP contribution in [0, 0.1) is 11.6 Å². The van der Waals surface area contributed by atoms with Crippen LogP contribution in [0.2, 0.25) is 0 Å². The number of benzene rings is 2. The first-order valence-electron chi connectivity index (χ1n) is 8.11. The van der Waals surface area contributed by atoms with Crippen LogP contribution in [0.3, 0.4) is 0 Å². The minimum absolute atomic E-state index is 0.0690. The summed E-state index contributed by atoms with van der Waals surface area (Å²) in [6.45, 7) is 2.98. The summed E-state index contributed by atoms with van der Waals surface area (Å²) in [6, 6.07) is 5.35. The Morgan fingerprint density at radius 1 is 1.30 bits per heavy atom. The number of hydrogen-bond donors (Lipinski definition) is 2. The lowest BCUT2D eigenvalue weighted by molar-refractivity contribution is -0.118. The summed E-state index contributed by atoms with van der Waals surface area (Å²) < 4.78 is 37.4. The molecule has 0 aliphatic carbocycles. The number of anilines is 1. The lowest BCUT2D eigenvalue weighted by atomic mass is 9.92. The van der Waals surface area contributed by atoms with Crippen LogP contribution >= 0.6 is 0 Å². The summed E-state index contributed by atoms with van der Waals surface area (Å²) in [5.41, 5.74) is -0.847. The van der Waals surface area contributed by atoms with Gasteiger partial charge in [-0.3, -0.25) is 9.59 Å². The fraction of sp³-hybridized carbons (Fsp3) is 0.263. The second-order valence-corrected chi connectivity index (χ2v) is 6.74. The number of carbonyl (C=O) groups is 2. The van der Waals surface area contributed by atoms with Gasteiger partial charge in [-0.2, -0.15) is 0 Å². The van der Waals surface area contributed by atoms with Crippen molar-refractivity contribution in [3.05, 3.63) is 47.5 Å². The molecule has 0 spiro atoms. The third kappa shape index (κ3) is 4.16. The summed E-state index contributed by atoms with van der Waals surface area (Å²) >= 11 is 0. The molecule has 0 radical (unpaired) electrons. The first-order chi connectivity index (χ1) is 12.6. The zero-order valence-corrected chi connectivity index (χ0v) is 14.6. The average molecular weight is 377 g/mol. The number of amides is 1. The molecule has 1 heterocycles. The third-order valence-electron chi connectivity index (χ3n) is 3.88. The number of fused-ring (bicyclic) bond motifs is 1. The monoisotopic (exact) mass is 377 g/mol. The second kappa shape index (κ2) is 6.86. The maximum absolute atomic E-state index is 13.5. The fourth-order valence-electron chi connectivity index (χ4n) is 2.76. The number of rotatable bonds is 4. The molecule has 0 atom stereocenters. The van der Waals surface area contributed by atoms with Crippen LogP contribution in [-0.4, -0.2) is 29.0 Å². The summed E-state index contributed by atoms with van der Waals surface area (Å²) in [5, 5.41) is 12.3. The van der Waals surface area contributed by atoms with Crippen molar-refractivity contribution in [1.82, 2.24) is 0 Å². The molecule has 27 heavy (non-hydrogen) atoms. The number of phenols is 1. The number of ketones is 1. The van der Waals surface area contributed by atoms with E-state index >= 15 is 0 Å². The van der Waals surface area contributed by atoms with Gasteiger partial charge >= 0.3 is 0 Å². The molecule has 0 saturated heterocycles. The van der Waals surface area contributed by atoms with Crippen molar-refractivity contribution in [1.29, 1.82) is 0 Å². The maximum Gasteiger partial charge on any atom is 0.262 e. The first kappa shape index (κ1) is 18.6. The number of nitrogens with one attached hydrogen (secondary N) is 1. The Balaban J connectivity index is 1.70. The maximum atomic E-state index is 13.5. The van der Waals surface area contributed by atoms with Gasteiger partial charge in [0.1, 0.15) is 40.0 Å². The van der Waals surface area contributed by atoms with E-state index < -0.39 is 29.7 Å². The Morgan fingerprint density at radius 2 is 2.04 bits per heavy atom. The summed E-state index contributed by atoms with van der Waals surface area (Å²) in [4.78, 5) is 24.1. The highest BCUT2D eigenvalue weighted by atomic mass is 19.1. The average Bonchev–Trinajstić information content (AvgIpc) is 2.53. The first-order valence-corrected chi connectivity index (χ1v) is 8.11. The van der Waals surface area contributed by atoms with Crippen LogP contribution in [-0.2, 0) is 4.79 Å². The number of hydrogen-bond acceptors (Lipinski definition) is 5. The fourth-order valence-corrected chi connectivity index (χ4v) is 2.76. The number of phenolic OH excluding ortho intramolecular Hbond substituents is 1. The third-order valence-corrected chi connectivity index (χ3v) is 3.88. The minimum Gasteiger partial charge on any atom is -0.507 e. The van der Waals surface area contributed by atoms with Crippen molar-refractivity contribution in [3.8, 4) is 17.2 Å². The number of Topliss-reactive ketones (excluding diaryl/α,β-unsaturated/α-hetero) is 1. The molecule has 0 aromatic heterocycles. The van der Waals surface area contributed by atoms with Gasteiger partial charge in [-0.15, -0.1) is 0 Å². The highest BCUT2D eigenvalue weighted by Crippen LogP contribution is 2.40. The zero-order chi connectivity index (χ0) is 19.8. The van der Waals surface area contributed by atoms with Crippen molar-refractivity contribution in [2.45, 2.75) is 25.9 Å². The van der Waals surface area contributed by atoms with Gasteiger partial charge in [0, 0.05) is 18.2 Å². The molecule has 0 saturated carbocycles. The van der Waals surface area contributed by atoms with Crippen LogP contribution in [0.1, 0.15) is 30.6 Å². The molecule has 1 aliphatic heterocycles. The zero-order valence-electron chi connectivity index (χ0n) is 14.6. The van der Waals surface area contributed by atoms with Crippen LogP contribution in [0.5, 0.6) is 17.2 Å². The van der Waals surface area contributed by atoms with Crippen LogP contribution in [0.15, 0.2) is 30.3 Å². The van der Waals surface area contributed by atoms with Crippen molar-refractivity contribution >= 4 is 17.4 Å². The SMILES string of the molecule is CC1(C)CC(=O)c2c(O)cc(OCC(=O)Nc3ccc(F)cc3F)cc2O1. The Hall–Kier alpha value is -3.16. The van der Waals surface area contributed by atoms with E-state index in [9.17, 15) is 23.5 Å². The second-order valence-electron chi connectivity index (χ2n) is 6.74. The predicted molar refractivity (Wildman–Crippen MR) is 92.2 cm³/mol. The van der Waals surface area contributed by atoms with E-state index in [-0.39, 0.29) is 40.7 Å². The molecule has 0 bridgehead atoms. The Bertz CT molecular complexity index is 927. The quantitative estimate of drug-likeness (QED) is 0.853. The minimum atomic E-state index is -0.913. The molecule has 6 nitrogen and oxygen atoms in total. The molecule has 0 fully saturated rings. The van der Waals surface area contributed by atoms with E-state index in [2.05, 4.69) is 5.32 Å². The van der Waals surface area contributed by atoms with Crippen molar-refractivity contribution in [3.63, 3.8) is 0 Å². The smallest absolute Gasteiger partial charge is 0.262 e. The van der Waals surface area contributed by atoms with Gasteiger partial charge < -0.3 is 19.9 Å². The van der Waals surface area contributed by atoms with E-state index in [1.165, 1.54) is 12.1 Å². The molecule has 2 aromatic carbocycles. The normalized spacial score (nSPS) is 14.9. The summed E-state index contributed by atoms with van der Waals surface area (Å²) in [6.07, 6.45) is 0.124. The summed E-state index contributed by atoms with van der Waals surface area (Å²) in [5.74, 6) is -2.66. The molecular weight excluding hydrogens is 360 g/mol. The molecular formula is C19H17F2NO5. The topological polar surface area (TPSA) is 84.9 Å². The van der Waals surface area contributed by atoms with Gasteiger partial charge in [-0.05, 0) is 26.0 Å². The van der Waals surface area contributed by atoms with E-state index in [1.54, 1.807) is 13.8 Å². The Kier molecular flexibility index (Phi) is 4.73. The van der Waals surface area contributed by atoms with Crippen molar-refractivity contribution in [2.75, 3.05) is 11.9 Å². The van der Waals surface area contributed by atoms with E-state index in [1.807, 2.05) is 0 Å². The number of halogens is 2. The van der Waals surface area contributed by atoms with Gasteiger partial charge in [0.25, 0.3) is 5.91 Å². The molecule has 142 valence electrons. The Labute approximate surface area is 153 Å². The number of aromatic hydroxyl groups is 1. The Morgan fingerprint density at radius 3 is 2.74 bits per heavy atom. The van der Waals surface area contributed by atoms with E-state index in [4.69, 9.17) is 9.47 Å². The van der Waals surface area contributed by atoms with Crippen molar-refractivity contribution in [2.24, 2.45) is 0 Å². The molecule has 3 rings (SSSR count). The molecule has 1 aliphatic rings. The molecule has 1 amide bonds. The molecule has 2 aromatic rings. The van der Waals surface area contributed by atoms with Gasteiger partial charge in [-0.1, -0.05) is 0 Å².